The van der Waals surface area contributed by atoms with Crippen LogP contribution in [0.4, 0.5) is 0 Å². The highest BCUT2D eigenvalue weighted by Gasteiger charge is 2.08. The molecule has 1 aliphatic rings. The molecule has 1 aromatic rings. The van der Waals surface area contributed by atoms with Gasteiger partial charge >= 0.3 is 0 Å². The van der Waals surface area contributed by atoms with E-state index < -0.39 is 0 Å². The zero-order valence-electron chi connectivity index (χ0n) is 5.96. The van der Waals surface area contributed by atoms with Crippen molar-refractivity contribution in [3.05, 3.63) is 47.9 Å². The number of rotatable bonds is 1. The lowest BCUT2D eigenvalue weighted by atomic mass is 10.1. The molecule has 2 rings (SSSR count). The van der Waals surface area contributed by atoms with E-state index in [4.69, 9.17) is 0 Å². The third-order valence-electron chi connectivity index (χ3n) is 1.72. The maximum absolute atomic E-state index is 2.16. The fourth-order valence-electron chi connectivity index (χ4n) is 0.980. The van der Waals surface area contributed by atoms with Crippen LogP contribution in [0.2, 0.25) is 0 Å². The smallest absolute Gasteiger partial charge is 0.0131 e. The molecule has 0 bridgehead atoms. The maximum Gasteiger partial charge on any atom is 0.0131 e. The zero-order chi connectivity index (χ0) is 6.97. The Balaban J connectivity index is 2.37. The highest BCUT2D eigenvalue weighted by molar-refractivity contribution is 5.87. The summed E-state index contributed by atoms with van der Waals surface area (Å²) in [5.74, 6) is 0. The van der Waals surface area contributed by atoms with Gasteiger partial charge in [0.25, 0.3) is 0 Å². The van der Waals surface area contributed by atoms with E-state index in [1.807, 2.05) is 0 Å². The Bertz CT molecular complexity index is 265. The molecule has 49 valence electrons. The molecule has 0 saturated heterocycles. The van der Waals surface area contributed by atoms with Crippen LogP contribution in [0.25, 0.3) is 5.57 Å². The van der Waals surface area contributed by atoms with Crippen LogP contribution in [0.15, 0.2) is 30.3 Å². The molecule has 0 nitrogen and oxygen atoms in total. The molecule has 1 aliphatic carbocycles. The molecule has 0 atom stereocenters. The third-order valence-corrected chi connectivity index (χ3v) is 1.72. The van der Waals surface area contributed by atoms with Gasteiger partial charge in [0.2, 0.25) is 0 Å². The average Bonchev–Trinajstić information content (AvgIpc) is 2.71. The first-order valence-electron chi connectivity index (χ1n) is 3.48. The van der Waals surface area contributed by atoms with Crippen molar-refractivity contribution in [2.45, 2.75) is 6.92 Å². The van der Waals surface area contributed by atoms with Crippen LogP contribution in [0.1, 0.15) is 11.1 Å². The summed E-state index contributed by atoms with van der Waals surface area (Å²) in [6, 6.07) is 8.60. The first-order chi connectivity index (χ1) is 4.86. The Morgan fingerprint density at radius 3 is 2.10 bits per heavy atom. The largest absolute Gasteiger partial charge is 0.0716 e. The van der Waals surface area contributed by atoms with Gasteiger partial charge in [0, 0.05) is 6.42 Å². The summed E-state index contributed by atoms with van der Waals surface area (Å²) < 4.78 is 0. The highest BCUT2D eigenvalue weighted by atomic mass is 14.1. The molecule has 0 heteroatoms. The van der Waals surface area contributed by atoms with Gasteiger partial charge in [-0.05, 0) is 18.1 Å². The van der Waals surface area contributed by atoms with Crippen molar-refractivity contribution in [1.29, 1.82) is 0 Å². The van der Waals surface area contributed by atoms with Gasteiger partial charge in [-0.3, -0.25) is 0 Å². The minimum atomic E-state index is 1.32. The first kappa shape index (κ1) is 5.72. The van der Waals surface area contributed by atoms with Crippen LogP contribution in [0, 0.1) is 13.3 Å². The third kappa shape index (κ3) is 0.971. The molecule has 0 N–H and O–H groups in total. The molecule has 10 heavy (non-hydrogen) atoms. The van der Waals surface area contributed by atoms with E-state index in [2.05, 4.69) is 43.7 Å². The van der Waals surface area contributed by atoms with E-state index in [1.54, 1.807) is 0 Å². The number of hydrogen-bond acceptors (Lipinski definition) is 0. The quantitative estimate of drug-likeness (QED) is 0.546. The number of hydrogen-bond donors (Lipinski definition) is 0. The molecule has 0 heterocycles. The number of aryl methyl sites for hydroxylation is 1. The fourth-order valence-corrected chi connectivity index (χ4v) is 0.980. The SMILES string of the molecule is Cc1ccc(C2=C[CH]2)cc1. The van der Waals surface area contributed by atoms with Gasteiger partial charge in [-0.1, -0.05) is 35.9 Å². The van der Waals surface area contributed by atoms with E-state index in [-0.39, 0.29) is 0 Å². The minimum absolute atomic E-state index is 1.32. The normalized spacial score (nSPS) is 14.7. The van der Waals surface area contributed by atoms with Crippen molar-refractivity contribution in [1.82, 2.24) is 0 Å². The van der Waals surface area contributed by atoms with Crippen LogP contribution in [-0.2, 0) is 0 Å². The van der Waals surface area contributed by atoms with Crippen LogP contribution < -0.4 is 0 Å². The van der Waals surface area contributed by atoms with Crippen molar-refractivity contribution in [3.8, 4) is 0 Å². The Morgan fingerprint density at radius 1 is 1.00 bits per heavy atom. The fraction of sp³-hybridized carbons (Fsp3) is 0.100. The van der Waals surface area contributed by atoms with Crippen LogP contribution in [-0.4, -0.2) is 0 Å². The molecule has 0 spiro atoms. The summed E-state index contributed by atoms with van der Waals surface area (Å²) in [4.78, 5) is 0. The molecular formula is C10H9. The van der Waals surface area contributed by atoms with E-state index in [0.29, 0.717) is 0 Å². The molecule has 0 saturated carbocycles. The molecule has 1 radical (unpaired) electrons. The summed E-state index contributed by atoms with van der Waals surface area (Å²) in [7, 11) is 0. The highest BCUT2D eigenvalue weighted by Crippen LogP contribution is 2.29. The Kier molecular flexibility index (Phi) is 1.13. The van der Waals surface area contributed by atoms with Gasteiger partial charge in [-0.2, -0.15) is 0 Å². The van der Waals surface area contributed by atoms with Crippen LogP contribution >= 0.6 is 0 Å². The standard InChI is InChI=1S/C10H9/c1-8-2-4-9(5-3-8)10-6-7-10/h2-7H,1H3. The predicted molar refractivity (Wildman–Crippen MR) is 43.5 cm³/mol. The van der Waals surface area contributed by atoms with Gasteiger partial charge in [0.05, 0.1) is 0 Å². The first-order valence-corrected chi connectivity index (χ1v) is 3.48. The van der Waals surface area contributed by atoms with Crippen molar-refractivity contribution >= 4 is 5.57 Å². The summed E-state index contributed by atoms with van der Waals surface area (Å²) in [5, 5.41) is 0. The molecule has 1 aromatic carbocycles. The second-order valence-electron chi connectivity index (χ2n) is 2.65. The topological polar surface area (TPSA) is 0 Å². The number of allylic oxidation sites excluding steroid dienone is 2. The summed E-state index contributed by atoms with van der Waals surface area (Å²) in [6.45, 7) is 2.11. The average molecular weight is 129 g/mol. The Hall–Kier alpha value is -1.04. The van der Waals surface area contributed by atoms with Gasteiger partial charge in [-0.15, -0.1) is 0 Å². The van der Waals surface area contributed by atoms with E-state index >= 15 is 0 Å². The monoisotopic (exact) mass is 129 g/mol. The molecule has 0 unspecified atom stereocenters. The van der Waals surface area contributed by atoms with Crippen LogP contribution in [0.5, 0.6) is 0 Å². The molecule has 0 aliphatic heterocycles. The lowest BCUT2D eigenvalue weighted by Gasteiger charge is -1.93. The molecule has 0 aromatic heterocycles. The van der Waals surface area contributed by atoms with Gasteiger partial charge in [0.15, 0.2) is 0 Å². The lowest BCUT2D eigenvalue weighted by molar-refractivity contribution is 1.46. The lowest BCUT2D eigenvalue weighted by Crippen LogP contribution is -1.73. The second-order valence-corrected chi connectivity index (χ2v) is 2.65. The maximum atomic E-state index is 2.16. The van der Waals surface area contributed by atoms with Crippen LogP contribution in [0.3, 0.4) is 0 Å². The second kappa shape index (κ2) is 1.98. The Morgan fingerprint density at radius 2 is 1.60 bits per heavy atom. The Labute approximate surface area is 61.2 Å². The number of benzene rings is 1. The van der Waals surface area contributed by atoms with Gasteiger partial charge < -0.3 is 0 Å². The van der Waals surface area contributed by atoms with E-state index in [1.165, 1.54) is 16.7 Å². The van der Waals surface area contributed by atoms with Crippen molar-refractivity contribution in [3.63, 3.8) is 0 Å². The van der Waals surface area contributed by atoms with Crippen molar-refractivity contribution < 1.29 is 0 Å². The molecular weight excluding hydrogens is 120 g/mol. The van der Waals surface area contributed by atoms with E-state index in [0.717, 1.165) is 0 Å². The minimum Gasteiger partial charge on any atom is -0.0716 e. The zero-order valence-corrected chi connectivity index (χ0v) is 5.96. The molecule has 0 fully saturated rings. The summed E-state index contributed by atoms with van der Waals surface area (Å²) in [5.41, 5.74) is 4.04. The summed E-state index contributed by atoms with van der Waals surface area (Å²) >= 11 is 0. The van der Waals surface area contributed by atoms with Gasteiger partial charge in [0.1, 0.15) is 0 Å². The molecule has 0 amide bonds. The van der Waals surface area contributed by atoms with Gasteiger partial charge in [-0.25, -0.2) is 0 Å². The van der Waals surface area contributed by atoms with E-state index in [9.17, 15) is 0 Å². The summed E-state index contributed by atoms with van der Waals surface area (Å²) in [6.07, 6.45) is 4.26. The van der Waals surface area contributed by atoms with Crippen molar-refractivity contribution in [2.75, 3.05) is 0 Å². The van der Waals surface area contributed by atoms with Crippen molar-refractivity contribution in [2.24, 2.45) is 0 Å². The predicted octanol–water partition coefficient (Wildman–Crippen LogP) is 2.60.